The van der Waals surface area contributed by atoms with Crippen LogP contribution in [0.2, 0.25) is 0 Å². The van der Waals surface area contributed by atoms with E-state index < -0.39 is 0 Å². The molecule has 4 rings (SSSR count). The van der Waals surface area contributed by atoms with E-state index >= 15 is 0 Å². The van der Waals surface area contributed by atoms with Crippen molar-refractivity contribution in [2.24, 2.45) is 0 Å². The van der Waals surface area contributed by atoms with Crippen LogP contribution in [0.1, 0.15) is 34.7 Å². The van der Waals surface area contributed by atoms with Crippen LogP contribution in [0.3, 0.4) is 0 Å². The lowest BCUT2D eigenvalue weighted by molar-refractivity contribution is 0.0681. The average molecular weight is 425 g/mol. The number of carbonyl (C=O) groups excluding carboxylic acids is 1. The molecule has 0 bridgehead atoms. The van der Waals surface area contributed by atoms with E-state index in [9.17, 15) is 9.18 Å². The summed E-state index contributed by atoms with van der Waals surface area (Å²) in [6, 6.07) is 14.5. The van der Waals surface area contributed by atoms with E-state index in [4.69, 9.17) is 18.6 Å². The maximum absolute atomic E-state index is 13.0. The third-order valence-electron chi connectivity index (χ3n) is 4.91. The molecule has 1 unspecified atom stereocenters. The number of hydrogen-bond acceptors (Lipinski definition) is 5. The molecule has 0 aliphatic carbocycles. The van der Waals surface area contributed by atoms with Gasteiger partial charge in [0.05, 0.1) is 11.8 Å². The monoisotopic (exact) mass is 425 g/mol. The summed E-state index contributed by atoms with van der Waals surface area (Å²) in [5.41, 5.74) is 1.59. The highest BCUT2D eigenvalue weighted by Crippen LogP contribution is 2.28. The van der Waals surface area contributed by atoms with Crippen LogP contribution in [0.25, 0.3) is 0 Å². The van der Waals surface area contributed by atoms with Gasteiger partial charge in [0, 0.05) is 6.61 Å². The van der Waals surface area contributed by atoms with Crippen molar-refractivity contribution in [2.75, 3.05) is 18.5 Å². The van der Waals surface area contributed by atoms with Crippen LogP contribution in [-0.4, -0.2) is 25.2 Å². The Morgan fingerprint density at radius 2 is 1.97 bits per heavy atom. The van der Waals surface area contributed by atoms with Crippen molar-refractivity contribution >= 4 is 11.6 Å². The molecular weight excluding hydrogens is 401 g/mol. The summed E-state index contributed by atoms with van der Waals surface area (Å²) in [5, 5.41) is 2.84. The largest absolute Gasteiger partial charge is 0.489 e. The van der Waals surface area contributed by atoms with E-state index in [1.807, 2.05) is 19.1 Å². The molecule has 0 spiro atoms. The van der Waals surface area contributed by atoms with Crippen molar-refractivity contribution in [3.63, 3.8) is 0 Å². The summed E-state index contributed by atoms with van der Waals surface area (Å²) in [6.07, 6.45) is 2.10. The number of hydrogen-bond donors (Lipinski definition) is 1. The third kappa shape index (κ3) is 5.64. The summed E-state index contributed by atoms with van der Waals surface area (Å²) in [6.45, 7) is 3.29. The van der Waals surface area contributed by atoms with E-state index in [2.05, 4.69) is 5.32 Å². The Labute approximate surface area is 179 Å². The van der Waals surface area contributed by atoms with E-state index in [-0.39, 0.29) is 30.2 Å². The molecule has 1 atom stereocenters. The molecule has 1 aliphatic heterocycles. The molecule has 1 saturated heterocycles. The van der Waals surface area contributed by atoms with Crippen LogP contribution >= 0.6 is 0 Å². The Hall–Kier alpha value is -3.32. The average Bonchev–Trinajstić information content (AvgIpc) is 3.45. The Kier molecular flexibility index (Phi) is 6.52. The molecule has 3 aromatic rings. The van der Waals surface area contributed by atoms with Crippen LogP contribution in [0.4, 0.5) is 10.1 Å². The van der Waals surface area contributed by atoms with Gasteiger partial charge in [0.2, 0.25) is 0 Å². The number of rotatable bonds is 8. The molecule has 0 radical (unpaired) electrons. The van der Waals surface area contributed by atoms with Crippen LogP contribution in [0.5, 0.6) is 11.5 Å². The summed E-state index contributed by atoms with van der Waals surface area (Å²) >= 11 is 0. The molecule has 1 amide bonds. The molecule has 1 aliphatic rings. The van der Waals surface area contributed by atoms with Crippen molar-refractivity contribution in [3.05, 3.63) is 77.5 Å². The number of ether oxygens (including phenoxy) is 3. The van der Waals surface area contributed by atoms with E-state index in [1.54, 1.807) is 18.2 Å². The second-order valence-corrected chi connectivity index (χ2v) is 7.41. The number of furan rings is 1. The molecular formula is C24H24FNO5. The number of nitrogens with one attached hydrogen (secondary N) is 1. The van der Waals surface area contributed by atoms with Gasteiger partial charge in [0.1, 0.15) is 36.3 Å². The van der Waals surface area contributed by atoms with E-state index in [0.29, 0.717) is 29.6 Å². The summed E-state index contributed by atoms with van der Waals surface area (Å²) < 4.78 is 35.6. The Morgan fingerprint density at radius 1 is 1.13 bits per heavy atom. The Bertz CT molecular complexity index is 1020. The normalized spacial score (nSPS) is 15.6. The van der Waals surface area contributed by atoms with Crippen LogP contribution in [0, 0.1) is 12.7 Å². The topological polar surface area (TPSA) is 69.9 Å². The lowest BCUT2D eigenvalue weighted by atomic mass is 10.2. The number of anilines is 1. The molecule has 2 heterocycles. The zero-order chi connectivity index (χ0) is 21.6. The first-order chi connectivity index (χ1) is 15.1. The standard InChI is InChI=1S/C24H24FNO5/c1-16-4-10-21(23(13-16)30-14-19-3-2-12-28-19)26-24(27)22-11-9-20(31-22)15-29-18-7-5-17(25)6-8-18/h4-11,13,19H,2-3,12,14-15H2,1H3,(H,26,27). The summed E-state index contributed by atoms with van der Waals surface area (Å²) in [7, 11) is 0. The lowest BCUT2D eigenvalue weighted by Crippen LogP contribution is -2.18. The van der Waals surface area contributed by atoms with E-state index in [1.165, 1.54) is 24.3 Å². The highest BCUT2D eigenvalue weighted by Gasteiger charge is 2.18. The highest BCUT2D eigenvalue weighted by atomic mass is 19.1. The van der Waals surface area contributed by atoms with Gasteiger partial charge in [0.15, 0.2) is 5.76 Å². The smallest absolute Gasteiger partial charge is 0.291 e. The van der Waals surface area contributed by atoms with Crippen molar-refractivity contribution in [3.8, 4) is 11.5 Å². The second-order valence-electron chi connectivity index (χ2n) is 7.41. The minimum Gasteiger partial charge on any atom is -0.489 e. The van der Waals surface area contributed by atoms with Crippen LogP contribution in [0.15, 0.2) is 59.0 Å². The lowest BCUT2D eigenvalue weighted by Gasteiger charge is -2.15. The number of halogens is 1. The molecule has 2 aromatic carbocycles. The Balaban J connectivity index is 1.37. The number of amides is 1. The molecule has 7 heteroatoms. The predicted octanol–water partition coefficient (Wildman–Crippen LogP) is 5.12. The molecule has 1 N–H and O–H groups in total. The van der Waals surface area contributed by atoms with E-state index in [0.717, 1.165) is 25.0 Å². The first kappa shape index (κ1) is 20.9. The summed E-state index contributed by atoms with van der Waals surface area (Å²) in [5.74, 6) is 1.02. The van der Waals surface area contributed by atoms with Crippen molar-refractivity contribution < 1.29 is 27.8 Å². The fourth-order valence-corrected chi connectivity index (χ4v) is 3.26. The van der Waals surface area contributed by atoms with Gasteiger partial charge in [-0.3, -0.25) is 4.79 Å². The van der Waals surface area contributed by atoms with Crippen molar-refractivity contribution in [1.82, 2.24) is 0 Å². The molecule has 162 valence electrons. The number of benzene rings is 2. The van der Waals surface area contributed by atoms with Gasteiger partial charge in [-0.05, 0) is 73.9 Å². The maximum Gasteiger partial charge on any atom is 0.291 e. The summed E-state index contributed by atoms with van der Waals surface area (Å²) in [4.78, 5) is 12.7. The second kappa shape index (κ2) is 9.66. The number of carbonyl (C=O) groups is 1. The van der Waals surface area contributed by atoms with Gasteiger partial charge in [-0.25, -0.2) is 4.39 Å². The van der Waals surface area contributed by atoms with Gasteiger partial charge in [0.25, 0.3) is 5.91 Å². The maximum atomic E-state index is 13.0. The van der Waals surface area contributed by atoms with Crippen molar-refractivity contribution in [2.45, 2.75) is 32.5 Å². The zero-order valence-electron chi connectivity index (χ0n) is 17.2. The zero-order valence-corrected chi connectivity index (χ0v) is 17.2. The first-order valence-corrected chi connectivity index (χ1v) is 10.2. The van der Waals surface area contributed by atoms with Gasteiger partial charge in [-0.2, -0.15) is 0 Å². The van der Waals surface area contributed by atoms with Crippen LogP contribution < -0.4 is 14.8 Å². The molecule has 0 saturated carbocycles. The number of aryl methyl sites for hydroxylation is 1. The van der Waals surface area contributed by atoms with Gasteiger partial charge < -0.3 is 23.9 Å². The fraction of sp³-hybridized carbons (Fsp3) is 0.292. The van der Waals surface area contributed by atoms with Gasteiger partial charge >= 0.3 is 0 Å². The van der Waals surface area contributed by atoms with Gasteiger partial charge in [-0.1, -0.05) is 6.07 Å². The highest BCUT2D eigenvalue weighted by molar-refractivity contribution is 6.03. The van der Waals surface area contributed by atoms with Crippen molar-refractivity contribution in [1.29, 1.82) is 0 Å². The fourth-order valence-electron chi connectivity index (χ4n) is 3.26. The minimum absolute atomic E-state index is 0.0813. The molecule has 1 aromatic heterocycles. The third-order valence-corrected chi connectivity index (χ3v) is 4.91. The SMILES string of the molecule is Cc1ccc(NC(=O)c2ccc(COc3ccc(F)cc3)o2)c(OCC2CCCO2)c1. The quantitative estimate of drug-likeness (QED) is 0.543. The minimum atomic E-state index is -0.390. The molecule has 1 fully saturated rings. The first-order valence-electron chi connectivity index (χ1n) is 10.2. The molecule has 6 nitrogen and oxygen atoms in total. The predicted molar refractivity (Wildman–Crippen MR) is 113 cm³/mol. The van der Waals surface area contributed by atoms with Crippen LogP contribution in [-0.2, 0) is 11.3 Å². The van der Waals surface area contributed by atoms with Gasteiger partial charge in [-0.15, -0.1) is 0 Å². The molecule has 31 heavy (non-hydrogen) atoms. The Morgan fingerprint density at radius 3 is 2.74 bits per heavy atom.